The van der Waals surface area contributed by atoms with Crippen molar-refractivity contribution in [2.75, 3.05) is 41.8 Å². The van der Waals surface area contributed by atoms with Crippen molar-refractivity contribution in [3.8, 4) is 39.3 Å². The molecule has 0 bridgehead atoms. The molecule has 14 nitrogen and oxygen atoms in total. The van der Waals surface area contributed by atoms with Crippen molar-refractivity contribution in [1.82, 2.24) is 35.3 Å². The number of hydrogen-bond donors (Lipinski definition) is 3. The lowest BCUT2D eigenvalue weighted by molar-refractivity contribution is -0.131. The molecule has 74 heavy (non-hydrogen) atoms. The van der Waals surface area contributed by atoms with Crippen molar-refractivity contribution >= 4 is 45.7 Å². The molecule has 8 aromatic rings. The van der Waals surface area contributed by atoms with E-state index >= 15 is 0 Å². The Kier molecular flexibility index (Phi) is 14.5. The molecule has 3 N–H and O–H groups in total. The molecule has 2 aromatic heterocycles. The molecule has 0 atom stereocenters. The standard InChI is InChI=1S/C35H37N5O2.C25H28N6O/c1-24-9-13-27(14-10-24)40-33(23-32(38-40)35(2,3)4)37-34(41)36-31-18-17-28(29-7-5-6-8-30(29)31)25-11-15-26(16-12-25)39-19-21-42-22-20-39;1-2-3-10-22-26-25(15-6-7-16-25)24(32)31(22)17-18-11-13-19(14-12-18)20-8-4-5-9-21(20)23-27-29-30-28-23/h5-18,23H,19-22H2,1-4H3,(H2,36,37,41);4-5,8-9,11-14H,2-3,6-7,10,15-17H2,1H3,(H,27,28,29,30). The summed E-state index contributed by atoms with van der Waals surface area (Å²) in [5.74, 6) is 2.37. The molecule has 1 saturated heterocycles. The number of amides is 3. The number of aromatic amines is 1. The quantitative estimate of drug-likeness (QED) is 0.109. The highest BCUT2D eigenvalue weighted by molar-refractivity contribution is 6.10. The predicted molar refractivity (Wildman–Crippen MR) is 296 cm³/mol. The van der Waals surface area contributed by atoms with Crippen LogP contribution in [0, 0.1) is 6.92 Å². The fourth-order valence-electron chi connectivity index (χ4n) is 10.2. The fraction of sp³-hybridized carbons (Fsp3) is 0.317. The number of rotatable bonds is 12. The lowest BCUT2D eigenvalue weighted by Gasteiger charge is -2.29. The number of H-pyrrole nitrogens is 1. The van der Waals surface area contributed by atoms with Gasteiger partial charge in [-0.15, -0.1) is 10.2 Å². The Bertz CT molecular complexity index is 3250. The molecule has 6 aromatic carbocycles. The van der Waals surface area contributed by atoms with Crippen LogP contribution < -0.4 is 15.5 Å². The molecule has 2 aliphatic heterocycles. The molecule has 378 valence electrons. The summed E-state index contributed by atoms with van der Waals surface area (Å²) in [5.41, 5.74) is 10.7. The summed E-state index contributed by atoms with van der Waals surface area (Å²) in [7, 11) is 0. The van der Waals surface area contributed by atoms with Crippen molar-refractivity contribution in [1.29, 1.82) is 0 Å². The molecule has 14 heteroatoms. The van der Waals surface area contributed by atoms with Gasteiger partial charge in [0.2, 0.25) is 5.82 Å². The minimum Gasteiger partial charge on any atom is -0.378 e. The number of carbonyl (C=O) groups excluding carboxylic acids is 2. The Morgan fingerprint density at radius 3 is 2.11 bits per heavy atom. The van der Waals surface area contributed by atoms with Crippen LogP contribution in [0.3, 0.4) is 0 Å². The number of hydrogen-bond acceptors (Lipinski definition) is 9. The number of ether oxygens (including phenoxy) is 1. The van der Waals surface area contributed by atoms with E-state index in [1.54, 1.807) is 4.68 Å². The minimum atomic E-state index is -0.480. The maximum Gasteiger partial charge on any atom is 0.324 e. The highest BCUT2D eigenvalue weighted by Crippen LogP contribution is 2.41. The van der Waals surface area contributed by atoms with Crippen LogP contribution in [-0.2, 0) is 21.5 Å². The Balaban J connectivity index is 0.000000175. The van der Waals surface area contributed by atoms with E-state index in [4.69, 9.17) is 14.8 Å². The zero-order valence-electron chi connectivity index (χ0n) is 43.1. The zero-order valence-corrected chi connectivity index (χ0v) is 43.1. The number of aryl methyl sites for hydroxylation is 1. The smallest absolute Gasteiger partial charge is 0.324 e. The molecule has 4 heterocycles. The molecule has 1 saturated carbocycles. The summed E-state index contributed by atoms with van der Waals surface area (Å²) in [4.78, 5) is 36.0. The van der Waals surface area contributed by atoms with Gasteiger partial charge in [0, 0.05) is 47.6 Å². The monoisotopic (exact) mass is 988 g/mol. The van der Waals surface area contributed by atoms with E-state index in [1.807, 2.05) is 77.7 Å². The number of amidine groups is 1. The van der Waals surface area contributed by atoms with E-state index < -0.39 is 5.54 Å². The topological polar surface area (TPSA) is 159 Å². The molecular weight excluding hydrogens is 923 g/mol. The average molecular weight is 988 g/mol. The Labute approximate surface area is 433 Å². The molecule has 0 radical (unpaired) electrons. The third-order valence-electron chi connectivity index (χ3n) is 14.3. The van der Waals surface area contributed by atoms with Gasteiger partial charge in [0.1, 0.15) is 17.2 Å². The van der Waals surface area contributed by atoms with Crippen molar-refractivity contribution in [3.05, 3.63) is 156 Å². The highest BCUT2D eigenvalue weighted by Gasteiger charge is 2.49. The van der Waals surface area contributed by atoms with Crippen molar-refractivity contribution in [2.24, 2.45) is 4.99 Å². The molecule has 1 spiro atoms. The number of benzene rings is 6. The van der Waals surface area contributed by atoms with E-state index in [1.165, 1.54) is 5.69 Å². The molecule has 3 aliphatic rings. The Morgan fingerprint density at radius 1 is 0.757 bits per heavy atom. The van der Waals surface area contributed by atoms with Crippen LogP contribution in [0.5, 0.6) is 0 Å². The summed E-state index contributed by atoms with van der Waals surface area (Å²) >= 11 is 0. The maximum absolute atomic E-state index is 13.4. The molecular formula is C60H65N11O3. The number of nitrogens with zero attached hydrogens (tertiary/aromatic N) is 8. The van der Waals surface area contributed by atoms with E-state index in [0.717, 1.165) is 144 Å². The summed E-state index contributed by atoms with van der Waals surface area (Å²) in [6.45, 7) is 14.5. The first-order chi connectivity index (χ1) is 36.0. The highest BCUT2D eigenvalue weighted by atomic mass is 16.5. The molecule has 3 amide bonds. The molecule has 0 unspecified atom stereocenters. The minimum absolute atomic E-state index is 0.171. The first-order valence-corrected chi connectivity index (χ1v) is 26.0. The van der Waals surface area contributed by atoms with E-state index in [2.05, 4.69) is 138 Å². The Morgan fingerprint density at radius 2 is 1.42 bits per heavy atom. The van der Waals surface area contributed by atoms with Gasteiger partial charge in [-0.25, -0.2) is 9.48 Å². The number of anilines is 3. The first-order valence-electron chi connectivity index (χ1n) is 26.0. The summed E-state index contributed by atoms with van der Waals surface area (Å²) in [5, 5.41) is 27.5. The van der Waals surface area contributed by atoms with Gasteiger partial charge in [-0.3, -0.25) is 20.0 Å². The van der Waals surface area contributed by atoms with Gasteiger partial charge >= 0.3 is 6.03 Å². The average Bonchev–Trinajstić information content (AvgIpc) is 4.27. The second-order valence-electron chi connectivity index (χ2n) is 20.6. The van der Waals surface area contributed by atoms with Crippen LogP contribution in [0.4, 0.5) is 22.0 Å². The number of urea groups is 1. The third kappa shape index (κ3) is 10.7. The fourth-order valence-corrected chi connectivity index (χ4v) is 10.2. The lowest BCUT2D eigenvalue weighted by Crippen LogP contribution is -2.40. The van der Waals surface area contributed by atoms with Gasteiger partial charge in [0.25, 0.3) is 5.91 Å². The molecule has 2 fully saturated rings. The van der Waals surface area contributed by atoms with Crippen LogP contribution in [0.1, 0.15) is 89.5 Å². The lowest BCUT2D eigenvalue weighted by atomic mass is 9.92. The van der Waals surface area contributed by atoms with Gasteiger partial charge in [-0.2, -0.15) is 10.3 Å². The summed E-state index contributed by atoms with van der Waals surface area (Å²) in [6.07, 6.45) is 7.01. The van der Waals surface area contributed by atoms with Gasteiger partial charge in [-0.05, 0) is 94.9 Å². The van der Waals surface area contributed by atoms with Gasteiger partial charge in [-0.1, -0.05) is 156 Å². The molecule has 1 aliphatic carbocycles. The Hall–Kier alpha value is -7.97. The van der Waals surface area contributed by atoms with Crippen LogP contribution in [0.25, 0.3) is 50.1 Å². The number of aliphatic imine (C=N–C) groups is 1. The van der Waals surface area contributed by atoms with Gasteiger partial charge in [0.15, 0.2) is 0 Å². The van der Waals surface area contributed by atoms with Crippen LogP contribution in [-0.4, -0.2) is 84.9 Å². The van der Waals surface area contributed by atoms with Crippen LogP contribution in [0.2, 0.25) is 0 Å². The number of aromatic nitrogens is 6. The summed E-state index contributed by atoms with van der Waals surface area (Å²) < 4.78 is 7.29. The molecule has 11 rings (SSSR count). The SMILES string of the molecule is CCCCC1=NC2(CCCC2)C(=O)N1Cc1ccc(-c2ccccc2-c2nn[nH]n2)cc1.Cc1ccc(-n2nc(C(C)(C)C)cc2NC(=O)Nc2ccc(-c3ccc(N4CCOCC4)cc3)c3ccccc23)cc1. The van der Waals surface area contributed by atoms with Crippen LogP contribution in [0.15, 0.2) is 145 Å². The van der Waals surface area contributed by atoms with E-state index in [0.29, 0.717) is 18.2 Å². The number of tetrazole rings is 1. The zero-order chi connectivity index (χ0) is 51.2. The second-order valence-corrected chi connectivity index (χ2v) is 20.6. The third-order valence-corrected chi connectivity index (χ3v) is 14.3. The second kappa shape index (κ2) is 21.6. The number of fused-ring (bicyclic) bond motifs is 1. The van der Waals surface area contributed by atoms with Gasteiger partial charge in [0.05, 0.1) is 36.8 Å². The predicted octanol–water partition coefficient (Wildman–Crippen LogP) is 12.6. The van der Waals surface area contributed by atoms with Crippen LogP contribution >= 0.6 is 0 Å². The van der Waals surface area contributed by atoms with Crippen molar-refractivity contribution in [2.45, 2.75) is 97.1 Å². The van der Waals surface area contributed by atoms with Crippen molar-refractivity contribution < 1.29 is 14.3 Å². The number of nitrogens with one attached hydrogen (secondary N) is 3. The largest absolute Gasteiger partial charge is 0.378 e. The maximum atomic E-state index is 13.4. The number of unbranched alkanes of at least 4 members (excludes halogenated alkanes) is 1. The summed E-state index contributed by atoms with van der Waals surface area (Å²) in [6, 6.07) is 47.1. The van der Waals surface area contributed by atoms with Crippen molar-refractivity contribution in [3.63, 3.8) is 0 Å². The van der Waals surface area contributed by atoms with Gasteiger partial charge < -0.3 is 15.0 Å². The normalized spacial score (nSPS) is 15.3. The first kappa shape index (κ1) is 49.6. The number of morpholine rings is 1. The van der Waals surface area contributed by atoms with E-state index in [9.17, 15) is 9.59 Å². The van der Waals surface area contributed by atoms with E-state index in [-0.39, 0.29) is 17.4 Å². The number of carbonyl (C=O) groups is 2.